The fourth-order valence-corrected chi connectivity index (χ4v) is 3.92. The third-order valence-electron chi connectivity index (χ3n) is 5.45. The molecule has 8 heteroatoms. The van der Waals surface area contributed by atoms with E-state index in [0.29, 0.717) is 30.8 Å². The molecule has 1 amide bonds. The fraction of sp³-hybridized carbons (Fsp3) is 0.364. The number of nitrogens with one attached hydrogen (secondary N) is 1. The van der Waals surface area contributed by atoms with Gasteiger partial charge in [0.25, 0.3) is 5.91 Å². The molecule has 158 valence electrons. The maximum atomic E-state index is 12.9. The van der Waals surface area contributed by atoms with E-state index < -0.39 is 11.9 Å². The van der Waals surface area contributed by atoms with Crippen LogP contribution in [0.25, 0.3) is 11.0 Å². The van der Waals surface area contributed by atoms with Crippen molar-refractivity contribution < 1.29 is 22.7 Å². The number of alkyl halides is 3. The lowest BCUT2D eigenvalue weighted by molar-refractivity contribution is -0.140. The van der Waals surface area contributed by atoms with Crippen LogP contribution in [0, 0.1) is 0 Å². The Kier molecular flexibility index (Phi) is 5.51. The fourth-order valence-electron chi connectivity index (χ4n) is 3.92. The summed E-state index contributed by atoms with van der Waals surface area (Å²) in [6, 6.07) is 11.4. The van der Waals surface area contributed by atoms with E-state index in [-0.39, 0.29) is 17.3 Å². The second-order valence-electron chi connectivity index (χ2n) is 7.57. The van der Waals surface area contributed by atoms with Crippen LogP contribution in [0.1, 0.15) is 46.1 Å². The molecule has 4 rings (SSSR count). The van der Waals surface area contributed by atoms with Crippen LogP contribution in [0.15, 0.2) is 42.5 Å². The summed E-state index contributed by atoms with van der Waals surface area (Å²) in [7, 11) is 1.62. The van der Waals surface area contributed by atoms with Gasteiger partial charge in [-0.05, 0) is 48.7 Å². The molecule has 0 unspecified atom stereocenters. The number of halogens is 3. The second-order valence-corrected chi connectivity index (χ2v) is 7.57. The Balaban J connectivity index is 1.51. The highest BCUT2D eigenvalue weighted by Crippen LogP contribution is 2.32. The number of H-pyrrole nitrogens is 1. The van der Waals surface area contributed by atoms with Crippen LogP contribution in [-0.4, -0.2) is 41.0 Å². The van der Waals surface area contributed by atoms with Gasteiger partial charge in [-0.1, -0.05) is 12.1 Å². The molecule has 0 bridgehead atoms. The van der Waals surface area contributed by atoms with Gasteiger partial charge < -0.3 is 14.6 Å². The second kappa shape index (κ2) is 8.10. The molecule has 3 aromatic rings. The molecule has 2 aromatic heterocycles. The Bertz CT molecular complexity index is 1040. The van der Waals surface area contributed by atoms with Crippen LogP contribution in [0.3, 0.4) is 0 Å². The molecular weight excluding hydrogens is 395 g/mol. The third kappa shape index (κ3) is 4.18. The van der Waals surface area contributed by atoms with Crippen LogP contribution in [0.4, 0.5) is 13.2 Å². The van der Waals surface area contributed by atoms with Gasteiger partial charge in [-0.3, -0.25) is 4.79 Å². The van der Waals surface area contributed by atoms with Crippen molar-refractivity contribution in [3.8, 4) is 0 Å². The lowest BCUT2D eigenvalue weighted by Crippen LogP contribution is -2.39. The van der Waals surface area contributed by atoms with Crippen molar-refractivity contribution >= 4 is 16.9 Å². The van der Waals surface area contributed by atoms with E-state index in [1.54, 1.807) is 30.2 Å². The molecule has 0 radical (unpaired) electrons. The first kappa shape index (κ1) is 20.4. The predicted octanol–water partition coefficient (Wildman–Crippen LogP) is 4.75. The van der Waals surface area contributed by atoms with Gasteiger partial charge in [-0.25, -0.2) is 4.98 Å². The minimum Gasteiger partial charge on any atom is -0.380 e. The summed E-state index contributed by atoms with van der Waals surface area (Å²) in [4.78, 5) is 21.6. The summed E-state index contributed by atoms with van der Waals surface area (Å²) in [5.74, 6) is -0.0174. The molecule has 1 atom stereocenters. The molecule has 0 aliphatic carbocycles. The topological polar surface area (TPSA) is 58.2 Å². The molecule has 1 N–H and O–H groups in total. The highest BCUT2D eigenvalue weighted by atomic mass is 19.4. The Morgan fingerprint density at radius 1 is 1.23 bits per heavy atom. The van der Waals surface area contributed by atoms with Crippen molar-refractivity contribution in [2.75, 3.05) is 20.2 Å². The number of nitrogens with zero attached hydrogens (tertiary/aromatic N) is 2. The number of benzene rings is 1. The van der Waals surface area contributed by atoms with Crippen LogP contribution in [0.2, 0.25) is 0 Å². The highest BCUT2D eigenvalue weighted by Gasteiger charge is 2.33. The Hall–Kier alpha value is -2.87. The lowest BCUT2D eigenvalue weighted by atomic mass is 9.94. The van der Waals surface area contributed by atoms with Gasteiger partial charge in [-0.15, -0.1) is 0 Å². The number of carbonyl (C=O) groups excluding carboxylic acids is 1. The minimum absolute atomic E-state index is 0.0269. The average Bonchev–Trinajstić information content (AvgIpc) is 3.17. The number of likely N-dealkylation sites (tertiary alicyclic amines) is 1. The van der Waals surface area contributed by atoms with E-state index in [2.05, 4.69) is 9.97 Å². The Morgan fingerprint density at radius 2 is 2.00 bits per heavy atom. The normalized spacial score (nSPS) is 17.5. The van der Waals surface area contributed by atoms with Gasteiger partial charge in [0.1, 0.15) is 5.69 Å². The molecule has 30 heavy (non-hydrogen) atoms. The molecule has 1 saturated heterocycles. The van der Waals surface area contributed by atoms with Crippen LogP contribution in [-0.2, 0) is 17.5 Å². The van der Waals surface area contributed by atoms with Gasteiger partial charge in [-0.2, -0.15) is 13.2 Å². The number of pyridine rings is 1. The third-order valence-corrected chi connectivity index (χ3v) is 5.45. The molecule has 1 aliphatic rings. The number of methoxy groups -OCH3 is 1. The first-order valence-corrected chi connectivity index (χ1v) is 9.79. The van der Waals surface area contributed by atoms with Gasteiger partial charge in [0, 0.05) is 37.4 Å². The number of fused-ring (bicyclic) bond motifs is 1. The lowest BCUT2D eigenvalue weighted by Gasteiger charge is -2.32. The van der Waals surface area contributed by atoms with Crippen molar-refractivity contribution in [3.05, 3.63) is 65.0 Å². The van der Waals surface area contributed by atoms with Crippen molar-refractivity contribution in [1.82, 2.24) is 14.9 Å². The molecule has 1 aromatic carbocycles. The zero-order chi connectivity index (χ0) is 21.3. The summed E-state index contributed by atoms with van der Waals surface area (Å²) in [6.45, 7) is 1.66. The predicted molar refractivity (Wildman–Crippen MR) is 106 cm³/mol. The number of aromatic nitrogens is 2. The van der Waals surface area contributed by atoms with Crippen molar-refractivity contribution in [3.63, 3.8) is 0 Å². The molecule has 0 spiro atoms. The summed E-state index contributed by atoms with van der Waals surface area (Å²) in [6.07, 6.45) is -2.79. The number of ether oxygens (including phenoxy) is 1. The average molecular weight is 417 g/mol. The van der Waals surface area contributed by atoms with E-state index in [9.17, 15) is 18.0 Å². The maximum Gasteiger partial charge on any atom is 0.433 e. The monoisotopic (exact) mass is 417 g/mol. The van der Waals surface area contributed by atoms with Crippen LogP contribution in [0.5, 0.6) is 0 Å². The zero-order valence-corrected chi connectivity index (χ0v) is 16.5. The number of aromatic amines is 1. The minimum atomic E-state index is -4.47. The molecule has 0 saturated carbocycles. The molecule has 1 fully saturated rings. The van der Waals surface area contributed by atoms with E-state index in [1.807, 2.05) is 12.1 Å². The molecule has 1 aliphatic heterocycles. The van der Waals surface area contributed by atoms with Crippen molar-refractivity contribution in [2.24, 2.45) is 0 Å². The summed E-state index contributed by atoms with van der Waals surface area (Å²) < 4.78 is 43.9. The number of rotatable bonds is 4. The van der Waals surface area contributed by atoms with Crippen molar-refractivity contribution in [1.29, 1.82) is 0 Å². The number of hydrogen-bond donors (Lipinski definition) is 1. The molecule has 5 nitrogen and oxygen atoms in total. The quantitative estimate of drug-likeness (QED) is 0.667. The summed E-state index contributed by atoms with van der Waals surface area (Å²) in [5.41, 5.74) is 2.37. The standard InChI is InChI=1S/C22H22F3N3O2/c1-30-13-14-4-6-15(7-5-14)21(29)28-10-2-3-16(12-28)18-11-19-17(26-18)8-9-20(27-19)22(23,24)25/h4-9,11,16,26H,2-3,10,12-13H2,1H3/t16-/m1/s1. The molecular formula is C22H22F3N3O2. The van der Waals surface area contributed by atoms with Crippen LogP contribution >= 0.6 is 0 Å². The maximum absolute atomic E-state index is 12.9. The van der Waals surface area contributed by atoms with Gasteiger partial charge in [0.15, 0.2) is 0 Å². The highest BCUT2D eigenvalue weighted by molar-refractivity contribution is 5.94. The smallest absolute Gasteiger partial charge is 0.380 e. The van der Waals surface area contributed by atoms with Crippen LogP contribution < -0.4 is 0 Å². The van der Waals surface area contributed by atoms with E-state index in [0.717, 1.165) is 30.2 Å². The Morgan fingerprint density at radius 3 is 2.70 bits per heavy atom. The summed E-state index contributed by atoms with van der Waals surface area (Å²) in [5, 5.41) is 0. The number of piperidine rings is 1. The van der Waals surface area contributed by atoms with Gasteiger partial charge in [0.2, 0.25) is 0 Å². The number of hydrogen-bond acceptors (Lipinski definition) is 3. The van der Waals surface area contributed by atoms with Crippen molar-refractivity contribution in [2.45, 2.75) is 31.5 Å². The van der Waals surface area contributed by atoms with E-state index in [4.69, 9.17) is 4.74 Å². The number of carbonyl (C=O) groups is 1. The molecule has 3 heterocycles. The number of amides is 1. The summed E-state index contributed by atoms with van der Waals surface area (Å²) >= 11 is 0. The largest absolute Gasteiger partial charge is 0.433 e. The SMILES string of the molecule is COCc1ccc(C(=O)N2CCC[C@@H](c3cc4nc(C(F)(F)F)ccc4[nH]3)C2)cc1. The van der Waals surface area contributed by atoms with E-state index >= 15 is 0 Å². The first-order valence-electron chi connectivity index (χ1n) is 9.79. The van der Waals surface area contributed by atoms with Gasteiger partial charge in [0.05, 0.1) is 17.6 Å². The Labute approximate surface area is 171 Å². The van der Waals surface area contributed by atoms with Gasteiger partial charge >= 0.3 is 6.18 Å². The first-order chi connectivity index (χ1) is 14.3. The van der Waals surface area contributed by atoms with E-state index in [1.165, 1.54) is 6.07 Å². The zero-order valence-electron chi connectivity index (χ0n) is 16.5.